The van der Waals surface area contributed by atoms with Crippen LogP contribution in [-0.2, 0) is 9.59 Å². The molecule has 21 heavy (non-hydrogen) atoms. The van der Waals surface area contributed by atoms with Crippen LogP contribution in [0.25, 0.3) is 0 Å². The molecule has 7 heteroatoms. The van der Waals surface area contributed by atoms with Crippen LogP contribution in [0.15, 0.2) is 24.3 Å². The minimum Gasteiger partial charge on any atom is -0.325 e. The Morgan fingerprint density at radius 3 is 2.48 bits per heavy atom. The number of anilines is 1. The number of benzene rings is 1. The minimum absolute atomic E-state index is 0.0102. The molecule has 2 rings (SSSR count). The molecule has 1 aliphatic heterocycles. The monoisotopic (exact) mass is 291 g/mol. The summed E-state index contributed by atoms with van der Waals surface area (Å²) in [4.78, 5) is 34.6. The van der Waals surface area contributed by atoms with Crippen LogP contribution in [0, 0.1) is 16.0 Å². The second-order valence-electron chi connectivity index (χ2n) is 5.10. The van der Waals surface area contributed by atoms with Crippen molar-refractivity contribution in [1.82, 2.24) is 4.90 Å². The van der Waals surface area contributed by atoms with E-state index in [0.29, 0.717) is 5.69 Å². The lowest BCUT2D eigenvalue weighted by atomic mass is 9.99. The lowest BCUT2D eigenvalue weighted by Gasteiger charge is -2.28. The van der Waals surface area contributed by atoms with Gasteiger partial charge in [0.2, 0.25) is 5.91 Å². The molecule has 0 saturated carbocycles. The number of piperidine rings is 1. The predicted octanol–water partition coefficient (Wildman–Crippen LogP) is 1.44. The number of nitro benzene ring substituents is 1. The zero-order chi connectivity index (χ0) is 15.2. The van der Waals surface area contributed by atoms with E-state index in [9.17, 15) is 19.7 Å². The predicted molar refractivity (Wildman–Crippen MR) is 77.0 cm³/mol. The van der Waals surface area contributed by atoms with E-state index in [0.717, 1.165) is 32.2 Å². The molecule has 1 aromatic carbocycles. The number of likely N-dealkylation sites (tertiary alicyclic amines) is 1. The Morgan fingerprint density at radius 1 is 1.33 bits per heavy atom. The number of nitrogens with one attached hydrogen (secondary N) is 1. The van der Waals surface area contributed by atoms with Crippen LogP contribution in [0.2, 0.25) is 0 Å². The van der Waals surface area contributed by atoms with Crippen LogP contribution in [0.3, 0.4) is 0 Å². The van der Waals surface area contributed by atoms with E-state index in [1.54, 1.807) is 0 Å². The zero-order valence-electron chi connectivity index (χ0n) is 11.5. The smallest absolute Gasteiger partial charge is 0.269 e. The van der Waals surface area contributed by atoms with E-state index in [1.165, 1.54) is 24.3 Å². The molecule has 0 aromatic heterocycles. The maximum Gasteiger partial charge on any atom is 0.269 e. The molecule has 1 fully saturated rings. The summed E-state index contributed by atoms with van der Waals surface area (Å²) in [6, 6.07) is 5.72. The summed E-state index contributed by atoms with van der Waals surface area (Å²) in [5, 5.41) is 13.2. The van der Waals surface area contributed by atoms with Gasteiger partial charge >= 0.3 is 0 Å². The van der Waals surface area contributed by atoms with Crippen molar-refractivity contribution < 1.29 is 14.5 Å². The number of hydrogen-bond acceptors (Lipinski definition) is 5. The molecule has 1 amide bonds. The number of aldehydes is 1. The van der Waals surface area contributed by atoms with E-state index < -0.39 is 4.92 Å². The van der Waals surface area contributed by atoms with Crippen molar-refractivity contribution in [2.24, 2.45) is 5.92 Å². The summed E-state index contributed by atoms with van der Waals surface area (Å²) in [6.45, 7) is 1.73. The highest BCUT2D eigenvalue weighted by Gasteiger charge is 2.20. The molecule has 0 atom stereocenters. The molecule has 0 bridgehead atoms. The lowest BCUT2D eigenvalue weighted by Crippen LogP contribution is -2.39. The molecule has 0 radical (unpaired) electrons. The van der Waals surface area contributed by atoms with E-state index in [-0.39, 0.29) is 24.1 Å². The van der Waals surface area contributed by atoms with E-state index in [2.05, 4.69) is 5.32 Å². The normalized spacial score (nSPS) is 16.4. The van der Waals surface area contributed by atoms with Crippen LogP contribution in [0.4, 0.5) is 11.4 Å². The zero-order valence-corrected chi connectivity index (χ0v) is 11.5. The van der Waals surface area contributed by atoms with Crippen LogP contribution in [0.1, 0.15) is 12.8 Å². The Balaban J connectivity index is 1.82. The third kappa shape index (κ3) is 4.35. The maximum absolute atomic E-state index is 11.9. The first-order valence-corrected chi connectivity index (χ1v) is 6.80. The van der Waals surface area contributed by atoms with Crippen molar-refractivity contribution in [2.75, 3.05) is 25.0 Å². The van der Waals surface area contributed by atoms with Gasteiger partial charge in [-0.15, -0.1) is 0 Å². The highest BCUT2D eigenvalue weighted by atomic mass is 16.6. The van der Waals surface area contributed by atoms with Gasteiger partial charge in [0, 0.05) is 23.7 Å². The quantitative estimate of drug-likeness (QED) is 0.503. The van der Waals surface area contributed by atoms with E-state index >= 15 is 0 Å². The van der Waals surface area contributed by atoms with E-state index in [4.69, 9.17) is 0 Å². The molecule has 1 N–H and O–H groups in total. The van der Waals surface area contributed by atoms with E-state index in [1.807, 2.05) is 4.90 Å². The van der Waals surface area contributed by atoms with Crippen molar-refractivity contribution in [3.8, 4) is 0 Å². The van der Waals surface area contributed by atoms with Crippen molar-refractivity contribution in [3.05, 3.63) is 34.4 Å². The summed E-state index contributed by atoms with van der Waals surface area (Å²) in [7, 11) is 0. The van der Waals surface area contributed by atoms with Gasteiger partial charge in [-0.3, -0.25) is 19.8 Å². The van der Waals surface area contributed by atoms with Gasteiger partial charge in [0.1, 0.15) is 6.29 Å². The fraction of sp³-hybridized carbons (Fsp3) is 0.429. The molecule has 1 saturated heterocycles. The molecule has 0 unspecified atom stereocenters. The Bertz CT molecular complexity index is 522. The minimum atomic E-state index is -0.483. The van der Waals surface area contributed by atoms with Gasteiger partial charge in [-0.05, 0) is 38.1 Å². The van der Waals surface area contributed by atoms with Gasteiger partial charge in [0.05, 0.1) is 11.5 Å². The summed E-state index contributed by atoms with van der Waals surface area (Å²) < 4.78 is 0. The molecular weight excluding hydrogens is 274 g/mol. The van der Waals surface area contributed by atoms with Crippen molar-refractivity contribution in [1.29, 1.82) is 0 Å². The number of carbonyl (C=O) groups excluding carboxylic acids is 2. The fourth-order valence-electron chi connectivity index (χ4n) is 2.32. The first-order valence-electron chi connectivity index (χ1n) is 6.80. The van der Waals surface area contributed by atoms with Gasteiger partial charge in [-0.25, -0.2) is 0 Å². The number of hydrogen-bond donors (Lipinski definition) is 1. The Kier molecular flexibility index (Phi) is 4.99. The SMILES string of the molecule is O=CC1CCN(CC(=O)Nc2ccc([N+](=O)[O-])cc2)CC1. The number of amides is 1. The number of nitro groups is 1. The highest BCUT2D eigenvalue weighted by Crippen LogP contribution is 2.16. The molecule has 1 aliphatic rings. The van der Waals surface area contributed by atoms with Crippen LogP contribution in [-0.4, -0.2) is 41.7 Å². The number of nitrogens with zero attached hydrogens (tertiary/aromatic N) is 2. The molecule has 7 nitrogen and oxygen atoms in total. The first-order chi connectivity index (χ1) is 10.1. The average Bonchev–Trinajstić information content (AvgIpc) is 2.48. The number of carbonyl (C=O) groups is 2. The topological polar surface area (TPSA) is 92.6 Å². The molecule has 0 aliphatic carbocycles. The Morgan fingerprint density at radius 2 is 1.95 bits per heavy atom. The summed E-state index contributed by atoms with van der Waals surface area (Å²) in [5.74, 6) is -0.0487. The molecule has 0 spiro atoms. The van der Waals surface area contributed by atoms with Crippen molar-refractivity contribution >= 4 is 23.6 Å². The Hall–Kier alpha value is -2.28. The molecule has 1 aromatic rings. The first kappa shape index (κ1) is 15.1. The van der Waals surface area contributed by atoms with Crippen LogP contribution in [0.5, 0.6) is 0 Å². The van der Waals surface area contributed by atoms with Gasteiger partial charge in [0.25, 0.3) is 5.69 Å². The fourth-order valence-corrected chi connectivity index (χ4v) is 2.32. The summed E-state index contributed by atoms with van der Waals surface area (Å²) >= 11 is 0. The van der Waals surface area contributed by atoms with Crippen LogP contribution >= 0.6 is 0 Å². The number of non-ortho nitro benzene ring substituents is 1. The third-order valence-electron chi connectivity index (χ3n) is 3.55. The van der Waals surface area contributed by atoms with Gasteiger partial charge < -0.3 is 10.1 Å². The van der Waals surface area contributed by atoms with Gasteiger partial charge in [-0.1, -0.05) is 0 Å². The standard InChI is InChI=1S/C14H17N3O4/c18-10-11-5-7-16(8-6-11)9-14(19)15-12-1-3-13(4-2-12)17(20)21/h1-4,10-11H,5-9H2,(H,15,19). The second-order valence-corrected chi connectivity index (χ2v) is 5.10. The second kappa shape index (κ2) is 6.94. The van der Waals surface area contributed by atoms with Gasteiger partial charge in [-0.2, -0.15) is 0 Å². The molecular formula is C14H17N3O4. The van der Waals surface area contributed by atoms with Crippen LogP contribution < -0.4 is 5.32 Å². The Labute approximate surface area is 122 Å². The maximum atomic E-state index is 11.9. The van der Waals surface area contributed by atoms with Crippen molar-refractivity contribution in [3.63, 3.8) is 0 Å². The molecule has 1 heterocycles. The lowest BCUT2D eigenvalue weighted by molar-refractivity contribution is -0.384. The summed E-state index contributed by atoms with van der Waals surface area (Å²) in [6.07, 6.45) is 2.55. The molecule has 112 valence electrons. The largest absolute Gasteiger partial charge is 0.325 e. The number of rotatable bonds is 5. The van der Waals surface area contributed by atoms with Gasteiger partial charge in [0.15, 0.2) is 0 Å². The average molecular weight is 291 g/mol. The highest BCUT2D eigenvalue weighted by molar-refractivity contribution is 5.92. The third-order valence-corrected chi connectivity index (χ3v) is 3.55. The summed E-state index contributed by atoms with van der Waals surface area (Å²) in [5.41, 5.74) is 0.525. The van der Waals surface area contributed by atoms with Crippen molar-refractivity contribution in [2.45, 2.75) is 12.8 Å².